The summed E-state index contributed by atoms with van der Waals surface area (Å²) in [7, 11) is 1.28. The van der Waals surface area contributed by atoms with Gasteiger partial charge in [0.25, 0.3) is 0 Å². The number of methoxy groups -OCH3 is 1. The van der Waals surface area contributed by atoms with Crippen LogP contribution >= 0.6 is 11.6 Å². The highest BCUT2D eigenvalue weighted by molar-refractivity contribution is 6.30. The highest BCUT2D eigenvalue weighted by atomic mass is 35.5. The van der Waals surface area contributed by atoms with Gasteiger partial charge in [-0.1, -0.05) is 41.9 Å². The van der Waals surface area contributed by atoms with Gasteiger partial charge in [0.1, 0.15) is 19.0 Å². The fourth-order valence-electron chi connectivity index (χ4n) is 4.32. The SMILES string of the molecule is CCOc1cc([C@@H]2NC(=O)NC(C)=C2C(=O)OC)ccc1OC[C@H](O)N/N=C/c1ccccc1OCc1cccc(Cl)c1. The summed E-state index contributed by atoms with van der Waals surface area (Å²) in [5.74, 6) is 0.774. The Balaban J connectivity index is 1.38. The van der Waals surface area contributed by atoms with E-state index in [9.17, 15) is 14.7 Å². The van der Waals surface area contributed by atoms with Crippen LogP contribution in [0.25, 0.3) is 0 Å². The lowest BCUT2D eigenvalue weighted by Gasteiger charge is -2.28. The second kappa shape index (κ2) is 14.9. The Labute approximate surface area is 254 Å². The summed E-state index contributed by atoms with van der Waals surface area (Å²) in [6, 6.07) is 18.6. The number of halogens is 1. The van der Waals surface area contributed by atoms with Crippen molar-refractivity contribution in [2.24, 2.45) is 5.10 Å². The molecule has 1 aliphatic heterocycles. The Morgan fingerprint density at radius 1 is 1.07 bits per heavy atom. The molecule has 0 aromatic heterocycles. The minimum Gasteiger partial charge on any atom is -0.490 e. The molecule has 1 heterocycles. The van der Waals surface area contributed by atoms with Crippen molar-refractivity contribution in [2.75, 3.05) is 20.3 Å². The van der Waals surface area contributed by atoms with Crippen molar-refractivity contribution >= 4 is 29.8 Å². The summed E-state index contributed by atoms with van der Waals surface area (Å²) in [6.07, 6.45) is 0.392. The van der Waals surface area contributed by atoms with E-state index in [0.29, 0.717) is 52.3 Å². The molecule has 0 radical (unpaired) electrons. The summed E-state index contributed by atoms with van der Waals surface area (Å²) in [5.41, 5.74) is 5.52. The number of hydrogen-bond donors (Lipinski definition) is 4. The average molecular weight is 609 g/mol. The number of hydrogen-bond acceptors (Lipinski definition) is 9. The van der Waals surface area contributed by atoms with Crippen LogP contribution in [0.4, 0.5) is 4.79 Å². The molecule has 12 heteroatoms. The molecule has 0 aliphatic carbocycles. The molecule has 0 fully saturated rings. The summed E-state index contributed by atoms with van der Waals surface area (Å²) >= 11 is 6.06. The first kappa shape index (κ1) is 31.2. The second-order valence-electron chi connectivity index (χ2n) is 9.37. The zero-order chi connectivity index (χ0) is 30.8. The van der Waals surface area contributed by atoms with Gasteiger partial charge < -0.3 is 34.7 Å². The first-order valence-electron chi connectivity index (χ1n) is 13.5. The van der Waals surface area contributed by atoms with E-state index < -0.39 is 24.3 Å². The van der Waals surface area contributed by atoms with E-state index in [0.717, 1.165) is 5.56 Å². The summed E-state index contributed by atoms with van der Waals surface area (Å²) in [4.78, 5) is 24.6. The van der Waals surface area contributed by atoms with Gasteiger partial charge in [0.2, 0.25) is 0 Å². The summed E-state index contributed by atoms with van der Waals surface area (Å²) < 4.78 is 22.4. The third kappa shape index (κ3) is 8.40. The topological polar surface area (TPSA) is 140 Å². The Morgan fingerprint density at radius 3 is 2.65 bits per heavy atom. The lowest BCUT2D eigenvalue weighted by Crippen LogP contribution is -2.45. The van der Waals surface area contributed by atoms with Gasteiger partial charge >= 0.3 is 12.0 Å². The Bertz CT molecular complexity index is 1510. The number of nitrogens with zero attached hydrogens (tertiary/aromatic N) is 1. The van der Waals surface area contributed by atoms with Gasteiger partial charge in [0, 0.05) is 16.3 Å². The van der Waals surface area contributed by atoms with Crippen molar-refractivity contribution in [1.82, 2.24) is 16.1 Å². The lowest BCUT2D eigenvalue weighted by atomic mass is 9.95. The fraction of sp³-hybridized carbons (Fsp3) is 0.258. The maximum Gasteiger partial charge on any atom is 0.337 e. The Kier molecular flexibility index (Phi) is 10.8. The quantitative estimate of drug-likeness (QED) is 0.0967. The van der Waals surface area contributed by atoms with Crippen molar-refractivity contribution in [1.29, 1.82) is 0 Å². The molecule has 3 aromatic rings. The van der Waals surface area contributed by atoms with Crippen molar-refractivity contribution < 1.29 is 33.6 Å². The van der Waals surface area contributed by atoms with Gasteiger partial charge in [-0.2, -0.15) is 5.10 Å². The van der Waals surface area contributed by atoms with E-state index in [2.05, 4.69) is 21.2 Å². The molecule has 43 heavy (non-hydrogen) atoms. The maximum atomic E-state index is 12.4. The van der Waals surface area contributed by atoms with Gasteiger partial charge in [0.15, 0.2) is 17.7 Å². The predicted octanol–water partition coefficient (Wildman–Crippen LogP) is 4.44. The maximum absolute atomic E-state index is 12.4. The average Bonchev–Trinajstić information content (AvgIpc) is 2.99. The number of hydrazone groups is 1. The molecule has 2 amide bonds. The minimum atomic E-state index is -1.15. The molecule has 4 rings (SSSR count). The van der Waals surface area contributed by atoms with Crippen LogP contribution in [0.3, 0.4) is 0 Å². The smallest absolute Gasteiger partial charge is 0.337 e. The third-order valence-electron chi connectivity index (χ3n) is 6.30. The number of ether oxygens (including phenoxy) is 4. The number of rotatable bonds is 13. The van der Waals surface area contributed by atoms with Gasteiger partial charge in [-0.05, 0) is 61.4 Å². The third-order valence-corrected chi connectivity index (χ3v) is 6.54. The van der Waals surface area contributed by atoms with E-state index in [4.69, 9.17) is 30.5 Å². The van der Waals surface area contributed by atoms with Crippen molar-refractivity contribution in [3.05, 3.63) is 99.7 Å². The highest BCUT2D eigenvalue weighted by Gasteiger charge is 2.32. The van der Waals surface area contributed by atoms with E-state index in [1.54, 1.807) is 37.4 Å². The molecule has 226 valence electrons. The first-order valence-corrected chi connectivity index (χ1v) is 13.9. The number of carbonyl (C=O) groups excluding carboxylic acids is 2. The Hall–Kier alpha value is -4.74. The van der Waals surface area contributed by atoms with Crippen molar-refractivity contribution in [2.45, 2.75) is 32.7 Å². The van der Waals surface area contributed by atoms with Gasteiger partial charge in [-0.15, -0.1) is 0 Å². The van der Waals surface area contributed by atoms with Crippen LogP contribution in [-0.4, -0.2) is 49.9 Å². The molecule has 3 aromatic carbocycles. The van der Waals surface area contributed by atoms with Crippen LogP contribution < -0.4 is 30.3 Å². The molecule has 4 N–H and O–H groups in total. The normalized spacial score (nSPS) is 15.4. The second-order valence-corrected chi connectivity index (χ2v) is 9.81. The number of nitrogens with one attached hydrogen (secondary N) is 3. The predicted molar refractivity (Wildman–Crippen MR) is 161 cm³/mol. The molecule has 0 saturated carbocycles. The van der Waals surface area contributed by atoms with Crippen LogP contribution in [-0.2, 0) is 16.1 Å². The van der Waals surface area contributed by atoms with E-state index in [1.165, 1.54) is 7.11 Å². The molecular formula is C31H33ClN4O7. The highest BCUT2D eigenvalue weighted by Crippen LogP contribution is 2.35. The number of benzene rings is 3. The molecular weight excluding hydrogens is 576 g/mol. The number of allylic oxidation sites excluding steroid dienone is 1. The zero-order valence-corrected chi connectivity index (χ0v) is 24.7. The number of urea groups is 1. The van der Waals surface area contributed by atoms with Crippen molar-refractivity contribution in [3.8, 4) is 17.2 Å². The van der Waals surface area contributed by atoms with Crippen molar-refractivity contribution in [3.63, 3.8) is 0 Å². The molecule has 0 unspecified atom stereocenters. The van der Waals surface area contributed by atoms with Crippen LogP contribution in [0.2, 0.25) is 5.02 Å². The molecule has 0 saturated heterocycles. The van der Waals surface area contributed by atoms with Gasteiger partial charge in [-0.25, -0.2) is 9.59 Å². The lowest BCUT2D eigenvalue weighted by molar-refractivity contribution is -0.136. The summed E-state index contributed by atoms with van der Waals surface area (Å²) in [5, 5.41) is 20.5. The first-order chi connectivity index (χ1) is 20.8. The number of para-hydroxylation sites is 1. The summed E-state index contributed by atoms with van der Waals surface area (Å²) in [6.45, 7) is 3.96. The number of amides is 2. The molecule has 0 spiro atoms. The van der Waals surface area contributed by atoms with Gasteiger partial charge in [0.05, 0.1) is 31.5 Å². The fourth-order valence-corrected chi connectivity index (χ4v) is 4.53. The van der Waals surface area contributed by atoms with Crippen LogP contribution in [0.5, 0.6) is 17.2 Å². The number of aliphatic hydroxyl groups is 1. The standard InChI is InChI=1S/C31H33ClN4O7/c1-4-41-26-15-21(29-28(30(38)40-3)19(2)34-31(39)35-29)12-13-25(26)43-18-27(37)36-33-16-22-9-5-6-11-24(22)42-17-20-8-7-10-23(32)14-20/h5-16,27,29,36-37H,4,17-18H2,1-3H3,(H2,34,35,39)/b33-16+/t27-,29-/m0/s1. The minimum absolute atomic E-state index is 0.153. The van der Waals surface area contributed by atoms with E-state index >= 15 is 0 Å². The zero-order valence-electron chi connectivity index (χ0n) is 23.9. The van der Waals surface area contributed by atoms with Crippen LogP contribution in [0, 0.1) is 0 Å². The van der Waals surface area contributed by atoms with Crippen LogP contribution in [0.15, 0.2) is 83.1 Å². The largest absolute Gasteiger partial charge is 0.490 e. The monoisotopic (exact) mass is 608 g/mol. The molecule has 1 aliphatic rings. The number of esters is 1. The molecule has 11 nitrogen and oxygen atoms in total. The van der Waals surface area contributed by atoms with E-state index in [-0.39, 0.29) is 12.2 Å². The number of aliphatic hydroxyl groups excluding tert-OH is 1. The van der Waals surface area contributed by atoms with Crippen LogP contribution in [0.1, 0.15) is 36.6 Å². The molecule has 0 bridgehead atoms. The Morgan fingerprint density at radius 2 is 1.88 bits per heavy atom. The number of carbonyl (C=O) groups is 2. The van der Waals surface area contributed by atoms with Gasteiger partial charge in [-0.3, -0.25) is 5.43 Å². The molecule has 2 atom stereocenters. The van der Waals surface area contributed by atoms with E-state index in [1.807, 2.05) is 49.4 Å².